The lowest BCUT2D eigenvalue weighted by molar-refractivity contribution is -0.130. The van der Waals surface area contributed by atoms with Crippen molar-refractivity contribution in [3.8, 4) is 5.75 Å². The molecule has 2 N–H and O–H groups in total. The van der Waals surface area contributed by atoms with Gasteiger partial charge in [-0.05, 0) is 68.3 Å². The molecule has 2 aromatic rings. The van der Waals surface area contributed by atoms with Gasteiger partial charge in [0.15, 0.2) is 6.10 Å². The van der Waals surface area contributed by atoms with Crippen molar-refractivity contribution in [2.45, 2.75) is 56.1 Å². The molecule has 0 radical (unpaired) electrons. The Morgan fingerprint density at radius 3 is 2.19 bits per heavy atom. The maximum atomic E-state index is 12.6. The van der Waals surface area contributed by atoms with E-state index < -0.39 is 22.1 Å². The van der Waals surface area contributed by atoms with Crippen molar-refractivity contribution in [1.82, 2.24) is 5.32 Å². The van der Waals surface area contributed by atoms with Gasteiger partial charge in [-0.1, -0.05) is 19.3 Å². The van der Waals surface area contributed by atoms with Gasteiger partial charge in [0, 0.05) is 11.7 Å². The van der Waals surface area contributed by atoms with Crippen LogP contribution < -0.4 is 14.8 Å². The van der Waals surface area contributed by atoms with Crippen LogP contribution in [0.15, 0.2) is 53.4 Å². The molecule has 1 atom stereocenters. The first kappa shape index (κ1) is 23.6. The normalized spacial score (nSPS) is 15.4. The van der Waals surface area contributed by atoms with Crippen LogP contribution in [0.25, 0.3) is 0 Å². The number of benzene rings is 2. The Bertz CT molecular complexity index is 1030. The first-order chi connectivity index (χ1) is 15.3. The summed E-state index contributed by atoms with van der Waals surface area (Å²) in [7, 11) is -2.31. The number of sulfonamides is 1. The van der Waals surface area contributed by atoms with Gasteiger partial charge >= 0.3 is 5.97 Å². The minimum atomic E-state index is -3.84. The molecule has 3 rings (SSSR count). The number of carbonyl (C=O) groups is 2. The molecule has 2 aromatic carbocycles. The molecule has 1 amide bonds. The molecule has 1 unspecified atom stereocenters. The van der Waals surface area contributed by atoms with Crippen molar-refractivity contribution < 1.29 is 27.5 Å². The molecule has 1 aliphatic carbocycles. The number of anilines is 1. The maximum Gasteiger partial charge on any atom is 0.338 e. The molecular weight excluding hydrogens is 432 g/mol. The predicted octanol–water partition coefficient (Wildman–Crippen LogP) is 3.49. The summed E-state index contributed by atoms with van der Waals surface area (Å²) in [5.41, 5.74) is 0.540. The number of ether oxygens (including phenoxy) is 2. The van der Waals surface area contributed by atoms with E-state index in [4.69, 9.17) is 9.47 Å². The Labute approximate surface area is 188 Å². The van der Waals surface area contributed by atoms with Crippen LogP contribution in [0.1, 0.15) is 49.4 Å². The fraction of sp³-hybridized carbons (Fsp3) is 0.391. The van der Waals surface area contributed by atoms with Crippen LogP contribution >= 0.6 is 0 Å². The monoisotopic (exact) mass is 460 g/mol. The molecule has 172 valence electrons. The van der Waals surface area contributed by atoms with E-state index in [9.17, 15) is 18.0 Å². The zero-order valence-corrected chi connectivity index (χ0v) is 19.0. The van der Waals surface area contributed by atoms with Crippen molar-refractivity contribution in [3.63, 3.8) is 0 Å². The van der Waals surface area contributed by atoms with Gasteiger partial charge in [0.2, 0.25) is 0 Å². The minimum absolute atomic E-state index is 0.00652. The summed E-state index contributed by atoms with van der Waals surface area (Å²) in [6.45, 7) is 1.52. The second-order valence-electron chi connectivity index (χ2n) is 7.75. The van der Waals surface area contributed by atoms with E-state index in [-0.39, 0.29) is 22.4 Å². The van der Waals surface area contributed by atoms with E-state index in [1.807, 2.05) is 0 Å². The van der Waals surface area contributed by atoms with Crippen molar-refractivity contribution in [3.05, 3.63) is 54.1 Å². The molecular formula is C23H28N2O6S. The van der Waals surface area contributed by atoms with Gasteiger partial charge in [-0.3, -0.25) is 9.52 Å². The first-order valence-electron chi connectivity index (χ1n) is 10.6. The van der Waals surface area contributed by atoms with Crippen molar-refractivity contribution in [2.24, 2.45) is 0 Å². The smallest absolute Gasteiger partial charge is 0.338 e. The minimum Gasteiger partial charge on any atom is -0.497 e. The highest BCUT2D eigenvalue weighted by Crippen LogP contribution is 2.20. The van der Waals surface area contributed by atoms with Crippen LogP contribution in [0.5, 0.6) is 5.75 Å². The number of hydrogen-bond donors (Lipinski definition) is 2. The fourth-order valence-corrected chi connectivity index (χ4v) is 4.55. The van der Waals surface area contributed by atoms with E-state index in [1.54, 1.807) is 24.3 Å². The number of carbonyl (C=O) groups excluding carboxylic acids is 2. The zero-order valence-electron chi connectivity index (χ0n) is 18.2. The summed E-state index contributed by atoms with van der Waals surface area (Å²) < 4.78 is 37.9. The summed E-state index contributed by atoms with van der Waals surface area (Å²) in [5, 5.41) is 2.92. The number of esters is 1. The maximum absolute atomic E-state index is 12.6. The standard InChI is InChI=1S/C23H28N2O6S/c1-16(22(26)24-18-6-4-3-5-7-18)31-23(27)17-8-14-21(15-9-17)32(28,29)25-19-10-12-20(30-2)13-11-19/h8-16,18,25H,3-7H2,1-2H3,(H,24,26). The van der Waals surface area contributed by atoms with Crippen LogP contribution in [0, 0.1) is 0 Å². The third-order valence-corrected chi connectivity index (χ3v) is 6.74. The van der Waals surface area contributed by atoms with Crippen molar-refractivity contribution in [1.29, 1.82) is 0 Å². The molecule has 32 heavy (non-hydrogen) atoms. The molecule has 8 nitrogen and oxygen atoms in total. The van der Waals surface area contributed by atoms with Crippen LogP contribution in [0.3, 0.4) is 0 Å². The molecule has 1 aliphatic rings. The second kappa shape index (κ2) is 10.5. The lowest BCUT2D eigenvalue weighted by Crippen LogP contribution is -2.42. The van der Waals surface area contributed by atoms with E-state index in [0.29, 0.717) is 11.4 Å². The largest absolute Gasteiger partial charge is 0.497 e. The quantitative estimate of drug-likeness (QED) is 0.584. The SMILES string of the molecule is COc1ccc(NS(=O)(=O)c2ccc(C(=O)OC(C)C(=O)NC3CCCCC3)cc2)cc1. The van der Waals surface area contributed by atoms with E-state index in [1.165, 1.54) is 44.7 Å². The van der Waals surface area contributed by atoms with Crippen LogP contribution in [0.2, 0.25) is 0 Å². The summed E-state index contributed by atoms with van der Waals surface area (Å²) in [5.74, 6) is -0.408. The van der Waals surface area contributed by atoms with Crippen molar-refractivity contribution >= 4 is 27.6 Å². The number of amides is 1. The molecule has 0 saturated heterocycles. The van der Waals surface area contributed by atoms with Gasteiger partial charge < -0.3 is 14.8 Å². The zero-order chi connectivity index (χ0) is 23.1. The Morgan fingerprint density at radius 2 is 1.59 bits per heavy atom. The third-order valence-electron chi connectivity index (χ3n) is 5.35. The van der Waals surface area contributed by atoms with Crippen LogP contribution in [-0.4, -0.2) is 39.5 Å². The van der Waals surface area contributed by atoms with Gasteiger partial charge in [-0.25, -0.2) is 13.2 Å². The van der Waals surface area contributed by atoms with E-state index >= 15 is 0 Å². The van der Waals surface area contributed by atoms with Gasteiger partial charge in [-0.15, -0.1) is 0 Å². The lowest BCUT2D eigenvalue weighted by atomic mass is 9.95. The highest BCUT2D eigenvalue weighted by molar-refractivity contribution is 7.92. The molecule has 0 heterocycles. The lowest BCUT2D eigenvalue weighted by Gasteiger charge is -2.24. The Balaban J connectivity index is 1.58. The number of hydrogen-bond acceptors (Lipinski definition) is 6. The number of rotatable bonds is 8. The molecule has 0 spiro atoms. The average Bonchev–Trinajstić information content (AvgIpc) is 2.80. The molecule has 0 bridgehead atoms. The van der Waals surface area contributed by atoms with Crippen molar-refractivity contribution in [2.75, 3.05) is 11.8 Å². The van der Waals surface area contributed by atoms with E-state index in [2.05, 4.69) is 10.0 Å². The van der Waals surface area contributed by atoms with Crippen LogP contribution in [-0.2, 0) is 19.6 Å². The topological polar surface area (TPSA) is 111 Å². The second-order valence-corrected chi connectivity index (χ2v) is 9.43. The molecule has 1 fully saturated rings. The Hall–Kier alpha value is -3.07. The Kier molecular flexibility index (Phi) is 7.74. The highest BCUT2D eigenvalue weighted by atomic mass is 32.2. The summed E-state index contributed by atoms with van der Waals surface area (Å²) in [6.07, 6.45) is 4.28. The molecule has 9 heteroatoms. The first-order valence-corrected chi connectivity index (χ1v) is 12.0. The van der Waals surface area contributed by atoms with Gasteiger partial charge in [0.1, 0.15) is 5.75 Å². The van der Waals surface area contributed by atoms with Gasteiger partial charge in [0.25, 0.3) is 15.9 Å². The predicted molar refractivity (Wildman–Crippen MR) is 120 cm³/mol. The highest BCUT2D eigenvalue weighted by Gasteiger charge is 2.23. The summed E-state index contributed by atoms with van der Waals surface area (Å²) in [4.78, 5) is 24.7. The third kappa shape index (κ3) is 6.23. The molecule has 1 saturated carbocycles. The van der Waals surface area contributed by atoms with Gasteiger partial charge in [-0.2, -0.15) is 0 Å². The number of nitrogens with one attached hydrogen (secondary N) is 2. The molecule has 0 aromatic heterocycles. The average molecular weight is 461 g/mol. The molecule has 0 aliphatic heterocycles. The van der Waals surface area contributed by atoms with Crippen LogP contribution in [0.4, 0.5) is 5.69 Å². The van der Waals surface area contributed by atoms with Gasteiger partial charge in [0.05, 0.1) is 17.6 Å². The summed E-state index contributed by atoms with van der Waals surface area (Å²) in [6, 6.07) is 11.9. The fourth-order valence-electron chi connectivity index (χ4n) is 3.49. The summed E-state index contributed by atoms with van der Waals surface area (Å²) >= 11 is 0. The Morgan fingerprint density at radius 1 is 0.969 bits per heavy atom. The number of methoxy groups -OCH3 is 1. The van der Waals surface area contributed by atoms with E-state index in [0.717, 1.165) is 25.7 Å².